The third kappa shape index (κ3) is 4.07. The number of halogens is 1. The predicted molar refractivity (Wildman–Crippen MR) is 116 cm³/mol. The van der Waals surface area contributed by atoms with Crippen molar-refractivity contribution >= 4 is 17.5 Å². The highest BCUT2D eigenvalue weighted by Crippen LogP contribution is 2.43. The summed E-state index contributed by atoms with van der Waals surface area (Å²) in [5, 5.41) is 2.73. The Morgan fingerprint density at radius 2 is 1.68 bits per heavy atom. The van der Waals surface area contributed by atoms with Crippen molar-refractivity contribution in [1.29, 1.82) is 0 Å². The molecule has 2 amide bonds. The number of ether oxygens (including phenoxy) is 1. The number of amides is 2. The molecule has 1 N–H and O–H groups in total. The highest BCUT2D eigenvalue weighted by Gasteiger charge is 2.44. The van der Waals surface area contributed by atoms with Crippen LogP contribution in [0.2, 0.25) is 0 Å². The standard InChI is InChI=1S/C25H23FN2O3/c1-31-16-15-28-23(17-9-3-2-4-10-17)22(18-11-5-6-12-19(18)25(28)30)24(29)27-21-14-8-7-13-20(21)26/h2-14,22-23H,15-16H2,1H3,(H,27,29). The van der Waals surface area contributed by atoms with Crippen LogP contribution in [0.15, 0.2) is 78.9 Å². The van der Waals surface area contributed by atoms with Gasteiger partial charge in [0.2, 0.25) is 5.91 Å². The zero-order chi connectivity index (χ0) is 21.8. The van der Waals surface area contributed by atoms with Gasteiger partial charge >= 0.3 is 0 Å². The van der Waals surface area contributed by atoms with E-state index >= 15 is 0 Å². The molecule has 0 aromatic heterocycles. The Kier molecular flexibility index (Phi) is 6.09. The molecule has 2 atom stereocenters. The molecule has 5 nitrogen and oxygen atoms in total. The molecule has 2 unspecified atom stereocenters. The summed E-state index contributed by atoms with van der Waals surface area (Å²) in [6.07, 6.45) is 0. The largest absolute Gasteiger partial charge is 0.383 e. The van der Waals surface area contributed by atoms with Gasteiger partial charge in [-0.1, -0.05) is 60.7 Å². The Balaban J connectivity index is 1.83. The van der Waals surface area contributed by atoms with E-state index < -0.39 is 17.8 Å². The first-order valence-corrected chi connectivity index (χ1v) is 10.1. The molecule has 1 aliphatic heterocycles. The van der Waals surface area contributed by atoms with E-state index in [2.05, 4.69) is 5.32 Å². The summed E-state index contributed by atoms with van der Waals surface area (Å²) in [5.41, 5.74) is 2.04. The first-order chi connectivity index (χ1) is 15.1. The van der Waals surface area contributed by atoms with E-state index in [1.165, 1.54) is 12.1 Å². The number of carbonyl (C=O) groups is 2. The van der Waals surface area contributed by atoms with Crippen molar-refractivity contribution in [2.24, 2.45) is 0 Å². The summed E-state index contributed by atoms with van der Waals surface area (Å²) in [6, 6.07) is 22.0. The van der Waals surface area contributed by atoms with Crippen LogP contribution in [-0.4, -0.2) is 37.0 Å². The van der Waals surface area contributed by atoms with Crippen molar-refractivity contribution in [3.05, 3.63) is 101 Å². The number of benzene rings is 3. The first-order valence-electron chi connectivity index (χ1n) is 10.1. The summed E-state index contributed by atoms with van der Waals surface area (Å²) in [4.78, 5) is 28.6. The van der Waals surface area contributed by atoms with Gasteiger partial charge in [0.1, 0.15) is 5.82 Å². The molecule has 0 radical (unpaired) electrons. The fourth-order valence-corrected chi connectivity index (χ4v) is 4.10. The van der Waals surface area contributed by atoms with E-state index in [-0.39, 0.29) is 17.5 Å². The van der Waals surface area contributed by atoms with Crippen LogP contribution >= 0.6 is 0 Å². The number of nitrogens with one attached hydrogen (secondary N) is 1. The zero-order valence-corrected chi connectivity index (χ0v) is 17.1. The van der Waals surface area contributed by atoms with E-state index in [1.54, 1.807) is 42.3 Å². The molecule has 4 rings (SSSR count). The summed E-state index contributed by atoms with van der Waals surface area (Å²) < 4.78 is 19.5. The number of carbonyl (C=O) groups excluding carboxylic acids is 2. The van der Waals surface area contributed by atoms with Gasteiger partial charge in [-0.2, -0.15) is 0 Å². The molecule has 31 heavy (non-hydrogen) atoms. The summed E-state index contributed by atoms with van der Waals surface area (Å²) in [7, 11) is 1.57. The van der Waals surface area contributed by atoms with Gasteiger partial charge in [0.05, 0.1) is 24.3 Å². The minimum Gasteiger partial charge on any atom is -0.383 e. The molecular weight excluding hydrogens is 395 g/mol. The average molecular weight is 418 g/mol. The normalized spacial score (nSPS) is 17.9. The second kappa shape index (κ2) is 9.10. The van der Waals surface area contributed by atoms with Crippen molar-refractivity contribution in [3.63, 3.8) is 0 Å². The van der Waals surface area contributed by atoms with Crippen LogP contribution in [0.25, 0.3) is 0 Å². The number of nitrogens with zero attached hydrogens (tertiary/aromatic N) is 1. The van der Waals surface area contributed by atoms with E-state index in [4.69, 9.17) is 4.74 Å². The fourth-order valence-electron chi connectivity index (χ4n) is 4.10. The van der Waals surface area contributed by atoms with Crippen LogP contribution in [0, 0.1) is 5.82 Å². The average Bonchev–Trinajstić information content (AvgIpc) is 2.80. The van der Waals surface area contributed by atoms with Crippen molar-refractivity contribution in [1.82, 2.24) is 4.90 Å². The van der Waals surface area contributed by atoms with Crippen molar-refractivity contribution < 1.29 is 18.7 Å². The smallest absolute Gasteiger partial charge is 0.254 e. The number of para-hydroxylation sites is 1. The maximum atomic E-state index is 14.2. The van der Waals surface area contributed by atoms with Crippen molar-refractivity contribution in [2.45, 2.75) is 12.0 Å². The molecule has 1 heterocycles. The van der Waals surface area contributed by atoms with E-state index in [9.17, 15) is 14.0 Å². The second-order valence-electron chi connectivity index (χ2n) is 7.38. The van der Waals surface area contributed by atoms with Crippen molar-refractivity contribution in [3.8, 4) is 0 Å². The molecule has 0 spiro atoms. The molecule has 1 aliphatic rings. The summed E-state index contributed by atoms with van der Waals surface area (Å²) in [6.45, 7) is 0.658. The van der Waals surface area contributed by atoms with Crippen LogP contribution < -0.4 is 5.32 Å². The highest BCUT2D eigenvalue weighted by atomic mass is 19.1. The lowest BCUT2D eigenvalue weighted by atomic mass is 9.79. The molecule has 0 bridgehead atoms. The summed E-state index contributed by atoms with van der Waals surface area (Å²) >= 11 is 0. The lowest BCUT2D eigenvalue weighted by molar-refractivity contribution is -0.119. The van der Waals surface area contributed by atoms with E-state index in [1.807, 2.05) is 36.4 Å². The van der Waals surface area contributed by atoms with Gasteiger partial charge in [-0.05, 0) is 29.3 Å². The van der Waals surface area contributed by atoms with E-state index in [0.29, 0.717) is 24.3 Å². The summed E-state index contributed by atoms with van der Waals surface area (Å²) in [5.74, 6) is -1.76. The van der Waals surface area contributed by atoms with Crippen LogP contribution in [0.3, 0.4) is 0 Å². The quantitative estimate of drug-likeness (QED) is 0.646. The minimum absolute atomic E-state index is 0.108. The number of hydrogen-bond acceptors (Lipinski definition) is 3. The molecule has 6 heteroatoms. The maximum Gasteiger partial charge on any atom is 0.254 e. The first kappa shape index (κ1) is 20.8. The van der Waals surface area contributed by atoms with Crippen LogP contribution in [0.4, 0.5) is 10.1 Å². The molecule has 158 valence electrons. The Morgan fingerprint density at radius 1 is 1.00 bits per heavy atom. The van der Waals surface area contributed by atoms with Crippen molar-refractivity contribution in [2.75, 3.05) is 25.6 Å². The van der Waals surface area contributed by atoms with E-state index in [0.717, 1.165) is 5.56 Å². The second-order valence-corrected chi connectivity index (χ2v) is 7.38. The zero-order valence-electron chi connectivity index (χ0n) is 17.1. The Morgan fingerprint density at radius 3 is 2.42 bits per heavy atom. The van der Waals surface area contributed by atoms with Gasteiger partial charge in [0, 0.05) is 19.2 Å². The predicted octanol–water partition coefficient (Wildman–Crippen LogP) is 4.39. The third-order valence-electron chi connectivity index (χ3n) is 5.53. The highest BCUT2D eigenvalue weighted by molar-refractivity contribution is 6.04. The van der Waals surface area contributed by atoms with Gasteiger partial charge in [-0.25, -0.2) is 4.39 Å². The van der Waals surface area contributed by atoms with Crippen LogP contribution in [0.5, 0.6) is 0 Å². The minimum atomic E-state index is -0.715. The number of hydrogen-bond donors (Lipinski definition) is 1. The SMILES string of the molecule is COCCN1C(=O)c2ccccc2C(C(=O)Nc2ccccc2F)C1c1ccccc1. The number of methoxy groups -OCH3 is 1. The fraction of sp³-hybridized carbons (Fsp3) is 0.200. The van der Waals surface area contributed by atoms with Gasteiger partial charge < -0.3 is 15.0 Å². The van der Waals surface area contributed by atoms with Crippen LogP contribution in [-0.2, 0) is 9.53 Å². The Hall–Kier alpha value is -3.51. The molecule has 0 saturated heterocycles. The lowest BCUT2D eigenvalue weighted by Gasteiger charge is -2.41. The number of fused-ring (bicyclic) bond motifs is 1. The van der Waals surface area contributed by atoms with Crippen LogP contribution in [0.1, 0.15) is 33.4 Å². The molecular formula is C25H23FN2O3. The van der Waals surface area contributed by atoms with Gasteiger partial charge in [-0.15, -0.1) is 0 Å². The Labute approximate surface area is 180 Å². The topological polar surface area (TPSA) is 58.6 Å². The van der Waals surface area contributed by atoms with Gasteiger partial charge in [0.25, 0.3) is 5.91 Å². The molecule has 0 aliphatic carbocycles. The maximum absolute atomic E-state index is 14.2. The monoisotopic (exact) mass is 418 g/mol. The number of rotatable bonds is 6. The van der Waals surface area contributed by atoms with Gasteiger partial charge in [0.15, 0.2) is 0 Å². The third-order valence-corrected chi connectivity index (χ3v) is 5.53. The molecule has 3 aromatic carbocycles. The molecule has 0 fully saturated rings. The molecule has 3 aromatic rings. The van der Waals surface area contributed by atoms with Gasteiger partial charge in [-0.3, -0.25) is 9.59 Å². The molecule has 0 saturated carbocycles. The Bertz CT molecular complexity index is 1090. The lowest BCUT2D eigenvalue weighted by Crippen LogP contribution is -2.47. The number of anilines is 1.